The molecule has 1 nitrogen and oxygen atoms in total. The van der Waals surface area contributed by atoms with Crippen LogP contribution in [0.2, 0.25) is 0 Å². The Hall–Kier alpha value is -5.01. The first-order valence-corrected chi connectivity index (χ1v) is 13.4. The maximum atomic E-state index is 14.2. The fourth-order valence-corrected chi connectivity index (χ4v) is 6.94. The van der Waals surface area contributed by atoms with Crippen LogP contribution in [0.15, 0.2) is 146 Å². The zero-order valence-corrected chi connectivity index (χ0v) is 21.3. The second kappa shape index (κ2) is 8.24. The third-order valence-electron chi connectivity index (χ3n) is 8.52. The van der Waals surface area contributed by atoms with Crippen LogP contribution in [0.5, 0.6) is 0 Å². The molecule has 0 aliphatic heterocycles. The lowest BCUT2D eigenvalue weighted by molar-refractivity contribution is 0.103. The molecule has 39 heavy (non-hydrogen) atoms. The Bertz CT molecular complexity index is 1870. The zero-order chi connectivity index (χ0) is 26.0. The van der Waals surface area contributed by atoms with Crippen molar-refractivity contribution in [1.82, 2.24) is 0 Å². The molecule has 0 radical (unpaired) electrons. The van der Waals surface area contributed by atoms with E-state index in [0.29, 0.717) is 5.56 Å². The molecule has 0 fully saturated rings. The minimum Gasteiger partial charge on any atom is -0.289 e. The van der Waals surface area contributed by atoms with E-state index >= 15 is 0 Å². The van der Waals surface area contributed by atoms with Crippen LogP contribution >= 0.6 is 0 Å². The van der Waals surface area contributed by atoms with E-state index in [1.165, 1.54) is 44.5 Å². The predicted molar refractivity (Wildman–Crippen MR) is 158 cm³/mol. The fraction of sp³-hybridized carbons (Fsp3) is 0.0263. The number of rotatable bonds is 3. The van der Waals surface area contributed by atoms with Crippen molar-refractivity contribution >= 4 is 5.78 Å². The van der Waals surface area contributed by atoms with Crippen LogP contribution in [0.4, 0.5) is 0 Å². The summed E-state index contributed by atoms with van der Waals surface area (Å²) >= 11 is 0. The lowest BCUT2D eigenvalue weighted by atomic mass is 9.70. The van der Waals surface area contributed by atoms with Crippen LogP contribution in [0.25, 0.3) is 33.4 Å². The zero-order valence-electron chi connectivity index (χ0n) is 21.3. The van der Waals surface area contributed by atoms with E-state index in [9.17, 15) is 4.79 Å². The molecule has 1 heteroatoms. The van der Waals surface area contributed by atoms with Crippen molar-refractivity contribution in [2.45, 2.75) is 5.41 Å². The van der Waals surface area contributed by atoms with Gasteiger partial charge in [-0.3, -0.25) is 4.79 Å². The monoisotopic (exact) mass is 496 g/mol. The molecule has 0 unspecified atom stereocenters. The van der Waals surface area contributed by atoms with Crippen LogP contribution in [0.1, 0.15) is 38.2 Å². The third-order valence-corrected chi connectivity index (χ3v) is 8.52. The predicted octanol–water partition coefficient (Wildman–Crippen LogP) is 8.93. The number of ketones is 1. The van der Waals surface area contributed by atoms with Crippen molar-refractivity contribution in [2.75, 3.05) is 0 Å². The Morgan fingerprint density at radius 2 is 0.872 bits per heavy atom. The molecule has 0 bridgehead atoms. The topological polar surface area (TPSA) is 17.1 Å². The van der Waals surface area contributed by atoms with E-state index in [4.69, 9.17) is 0 Å². The summed E-state index contributed by atoms with van der Waals surface area (Å²) in [6.45, 7) is 0. The van der Waals surface area contributed by atoms with Crippen molar-refractivity contribution in [3.05, 3.63) is 179 Å². The van der Waals surface area contributed by atoms with Gasteiger partial charge in [0.15, 0.2) is 5.78 Å². The molecular weight excluding hydrogens is 472 g/mol. The molecule has 6 aromatic carbocycles. The van der Waals surface area contributed by atoms with E-state index in [2.05, 4.69) is 97.1 Å². The maximum Gasteiger partial charge on any atom is 0.193 e. The summed E-state index contributed by atoms with van der Waals surface area (Å²) in [5, 5.41) is 0. The largest absolute Gasteiger partial charge is 0.289 e. The first-order chi connectivity index (χ1) is 19.3. The molecule has 0 N–H and O–H groups in total. The van der Waals surface area contributed by atoms with Gasteiger partial charge in [-0.15, -0.1) is 0 Å². The number of hydrogen-bond acceptors (Lipinski definition) is 1. The first kappa shape index (κ1) is 22.0. The van der Waals surface area contributed by atoms with Crippen LogP contribution < -0.4 is 0 Å². The smallest absolute Gasteiger partial charge is 0.193 e. The van der Waals surface area contributed by atoms with Crippen molar-refractivity contribution in [1.29, 1.82) is 0 Å². The Kier molecular flexibility index (Phi) is 4.65. The minimum absolute atomic E-state index is 0.0444. The summed E-state index contributed by atoms with van der Waals surface area (Å²) in [5.74, 6) is 0.0444. The summed E-state index contributed by atoms with van der Waals surface area (Å²) < 4.78 is 0. The molecule has 6 aromatic rings. The molecule has 0 atom stereocenters. The molecule has 0 saturated carbocycles. The van der Waals surface area contributed by atoms with Crippen molar-refractivity contribution in [3.63, 3.8) is 0 Å². The normalized spacial score (nSPS) is 13.4. The Morgan fingerprint density at radius 1 is 0.410 bits per heavy atom. The molecule has 0 saturated heterocycles. The molecule has 0 aromatic heterocycles. The van der Waals surface area contributed by atoms with E-state index in [1.807, 2.05) is 48.5 Å². The number of benzene rings is 6. The van der Waals surface area contributed by atoms with Gasteiger partial charge in [0.25, 0.3) is 0 Å². The van der Waals surface area contributed by atoms with Gasteiger partial charge in [-0.1, -0.05) is 140 Å². The van der Waals surface area contributed by atoms with Crippen LogP contribution in [0.3, 0.4) is 0 Å². The molecule has 8 rings (SSSR count). The van der Waals surface area contributed by atoms with E-state index in [-0.39, 0.29) is 5.78 Å². The summed E-state index contributed by atoms with van der Waals surface area (Å²) in [4.78, 5) is 14.2. The van der Waals surface area contributed by atoms with Gasteiger partial charge in [0.05, 0.1) is 5.41 Å². The van der Waals surface area contributed by atoms with Crippen LogP contribution in [-0.4, -0.2) is 5.78 Å². The first-order valence-electron chi connectivity index (χ1n) is 13.4. The highest BCUT2D eigenvalue weighted by atomic mass is 16.1. The Balaban J connectivity index is 1.39. The number of hydrogen-bond donors (Lipinski definition) is 0. The Labute approximate surface area is 228 Å². The summed E-state index contributed by atoms with van der Waals surface area (Å²) in [7, 11) is 0. The maximum absolute atomic E-state index is 14.2. The van der Waals surface area contributed by atoms with E-state index in [1.54, 1.807) is 0 Å². The van der Waals surface area contributed by atoms with Gasteiger partial charge in [0.1, 0.15) is 0 Å². The highest BCUT2D eigenvalue weighted by molar-refractivity contribution is 6.13. The standard InChI is InChI=1S/C38H24O/c39-37(32-18-5-4-14-27(32)25-12-2-1-3-13-25)26-22-23-31-30-17-8-11-21-35(30)38(36(31)24-26)33-19-9-6-15-28(33)29-16-7-10-20-34(29)38/h1-24H. The molecule has 2 aliphatic rings. The molecule has 0 amide bonds. The number of fused-ring (bicyclic) bond motifs is 10. The van der Waals surface area contributed by atoms with Crippen molar-refractivity contribution < 1.29 is 4.79 Å². The van der Waals surface area contributed by atoms with Gasteiger partial charge in [0, 0.05) is 11.1 Å². The highest BCUT2D eigenvalue weighted by Gasteiger charge is 2.51. The van der Waals surface area contributed by atoms with Gasteiger partial charge in [-0.05, 0) is 61.7 Å². The van der Waals surface area contributed by atoms with Crippen molar-refractivity contribution in [3.8, 4) is 33.4 Å². The average Bonchev–Trinajstić information content (AvgIpc) is 3.48. The van der Waals surface area contributed by atoms with Gasteiger partial charge < -0.3 is 0 Å². The quantitative estimate of drug-likeness (QED) is 0.223. The molecular formula is C38H24O. The lowest BCUT2D eigenvalue weighted by Gasteiger charge is -2.30. The molecule has 182 valence electrons. The molecule has 0 heterocycles. The average molecular weight is 497 g/mol. The van der Waals surface area contributed by atoms with E-state index < -0.39 is 5.41 Å². The van der Waals surface area contributed by atoms with Gasteiger partial charge in [0.2, 0.25) is 0 Å². The second-order valence-electron chi connectivity index (χ2n) is 10.4. The van der Waals surface area contributed by atoms with Gasteiger partial charge >= 0.3 is 0 Å². The fourth-order valence-electron chi connectivity index (χ4n) is 6.94. The summed E-state index contributed by atoms with van der Waals surface area (Å²) in [5.41, 5.74) is 13.0. The van der Waals surface area contributed by atoms with Crippen LogP contribution in [0, 0.1) is 0 Å². The van der Waals surface area contributed by atoms with Crippen molar-refractivity contribution in [2.24, 2.45) is 0 Å². The summed E-state index contributed by atoms with van der Waals surface area (Å²) in [6, 6.07) is 50.7. The number of carbonyl (C=O) groups excluding carboxylic acids is 1. The van der Waals surface area contributed by atoms with Gasteiger partial charge in [-0.25, -0.2) is 0 Å². The summed E-state index contributed by atoms with van der Waals surface area (Å²) in [6.07, 6.45) is 0. The molecule has 2 aliphatic carbocycles. The van der Waals surface area contributed by atoms with Gasteiger partial charge in [-0.2, -0.15) is 0 Å². The molecule has 1 spiro atoms. The SMILES string of the molecule is O=C(c1ccc2c(c1)C1(c3ccccc3-c3ccccc31)c1ccccc1-2)c1ccccc1-c1ccccc1. The number of carbonyl (C=O) groups is 1. The van der Waals surface area contributed by atoms with E-state index in [0.717, 1.165) is 16.7 Å². The third kappa shape index (κ3) is 2.93. The lowest BCUT2D eigenvalue weighted by Crippen LogP contribution is -2.26. The highest BCUT2D eigenvalue weighted by Crippen LogP contribution is 2.62. The van der Waals surface area contributed by atoms with Crippen LogP contribution in [-0.2, 0) is 5.41 Å². The second-order valence-corrected chi connectivity index (χ2v) is 10.4. The minimum atomic E-state index is -0.450. The Morgan fingerprint density at radius 3 is 1.46 bits per heavy atom.